The molecule has 10 nitrogen and oxygen atoms in total. The molecule has 1 aliphatic heterocycles. The Hall–Kier alpha value is -2.49. The van der Waals surface area contributed by atoms with Crippen LogP contribution in [0.4, 0.5) is 5.82 Å². The predicted octanol–water partition coefficient (Wildman–Crippen LogP) is -0.0319. The molecule has 0 radical (unpaired) electrons. The Balaban J connectivity index is 1.95. The van der Waals surface area contributed by atoms with Gasteiger partial charge in [0.15, 0.2) is 5.69 Å². The van der Waals surface area contributed by atoms with Crippen molar-refractivity contribution in [2.75, 3.05) is 25.4 Å². The zero-order valence-corrected chi connectivity index (χ0v) is 13.0. The van der Waals surface area contributed by atoms with Gasteiger partial charge in [0, 0.05) is 13.1 Å². The molecule has 0 saturated carbocycles. The van der Waals surface area contributed by atoms with Crippen molar-refractivity contribution in [1.82, 2.24) is 35.5 Å². The first-order chi connectivity index (χ1) is 11.2. The van der Waals surface area contributed by atoms with Crippen molar-refractivity contribution in [3.8, 4) is 5.82 Å². The van der Waals surface area contributed by atoms with E-state index in [1.165, 1.54) is 11.1 Å². The average Bonchev–Trinajstić information content (AvgIpc) is 3.14. The van der Waals surface area contributed by atoms with Gasteiger partial charge < -0.3 is 11.1 Å². The van der Waals surface area contributed by atoms with Gasteiger partial charge >= 0.3 is 0 Å². The molecule has 0 aliphatic carbocycles. The first-order valence-electron chi connectivity index (χ1n) is 7.74. The van der Waals surface area contributed by atoms with Gasteiger partial charge in [-0.1, -0.05) is 11.6 Å². The second-order valence-electron chi connectivity index (χ2n) is 5.47. The van der Waals surface area contributed by atoms with E-state index in [0.29, 0.717) is 18.8 Å². The van der Waals surface area contributed by atoms with E-state index in [4.69, 9.17) is 5.73 Å². The summed E-state index contributed by atoms with van der Waals surface area (Å²) in [6.45, 7) is 4.87. The summed E-state index contributed by atoms with van der Waals surface area (Å²) in [7, 11) is 0. The summed E-state index contributed by atoms with van der Waals surface area (Å²) in [6.07, 6.45) is 3.52. The Bertz CT molecular complexity index is 673. The second-order valence-corrected chi connectivity index (χ2v) is 5.47. The molecule has 3 rings (SSSR count). The zero-order valence-electron chi connectivity index (χ0n) is 13.0. The first-order valence-corrected chi connectivity index (χ1v) is 7.74. The number of hydrogen-bond acceptors (Lipinski definition) is 8. The summed E-state index contributed by atoms with van der Waals surface area (Å²) >= 11 is 0. The van der Waals surface area contributed by atoms with Crippen molar-refractivity contribution in [2.24, 2.45) is 0 Å². The van der Waals surface area contributed by atoms with Crippen molar-refractivity contribution in [1.29, 1.82) is 0 Å². The third-order valence-electron chi connectivity index (χ3n) is 3.83. The van der Waals surface area contributed by atoms with Crippen molar-refractivity contribution in [3.05, 3.63) is 11.4 Å². The van der Waals surface area contributed by atoms with Crippen LogP contribution in [0.2, 0.25) is 0 Å². The van der Waals surface area contributed by atoms with E-state index < -0.39 is 0 Å². The zero-order chi connectivity index (χ0) is 16.2. The van der Waals surface area contributed by atoms with Gasteiger partial charge in [-0.3, -0.25) is 9.69 Å². The minimum Gasteiger partial charge on any atom is -0.378 e. The number of nitrogens with zero attached hydrogens (tertiary/aromatic N) is 6. The highest BCUT2D eigenvalue weighted by Gasteiger charge is 2.25. The molecule has 0 atom stereocenters. The Morgan fingerprint density at radius 2 is 2.09 bits per heavy atom. The van der Waals surface area contributed by atoms with Crippen LogP contribution in [0.5, 0.6) is 0 Å². The Morgan fingerprint density at radius 1 is 1.30 bits per heavy atom. The summed E-state index contributed by atoms with van der Waals surface area (Å²) in [4.78, 5) is 14.5. The van der Waals surface area contributed by atoms with Crippen LogP contribution in [0.25, 0.3) is 5.82 Å². The van der Waals surface area contributed by atoms with Crippen molar-refractivity contribution in [2.45, 2.75) is 32.7 Å². The maximum Gasteiger partial charge on any atom is 0.273 e. The molecule has 3 N–H and O–H groups in total. The smallest absolute Gasteiger partial charge is 0.273 e. The summed E-state index contributed by atoms with van der Waals surface area (Å²) < 4.78 is 6.07. The molecule has 23 heavy (non-hydrogen) atoms. The highest BCUT2D eigenvalue weighted by atomic mass is 16.6. The molecule has 0 aromatic carbocycles. The number of piperidine rings is 1. The lowest BCUT2D eigenvalue weighted by molar-refractivity contribution is 0.0948. The quantitative estimate of drug-likeness (QED) is 0.786. The molecule has 1 aliphatic rings. The lowest BCUT2D eigenvalue weighted by Gasteiger charge is -2.26. The van der Waals surface area contributed by atoms with Crippen molar-refractivity contribution >= 4 is 11.7 Å². The first kappa shape index (κ1) is 15.4. The van der Waals surface area contributed by atoms with Crippen LogP contribution in [0, 0.1) is 0 Å². The van der Waals surface area contributed by atoms with Crippen LogP contribution in [0.3, 0.4) is 0 Å². The fourth-order valence-electron chi connectivity index (χ4n) is 2.70. The number of carbonyl (C=O) groups excluding carboxylic acids is 1. The number of nitrogen functional groups attached to an aromatic ring is 1. The van der Waals surface area contributed by atoms with Gasteiger partial charge in [-0.25, -0.2) is 4.63 Å². The fraction of sp³-hybridized carbons (Fsp3) is 0.615. The largest absolute Gasteiger partial charge is 0.378 e. The second kappa shape index (κ2) is 6.73. The molecule has 1 amide bonds. The van der Waals surface area contributed by atoms with Gasteiger partial charge in [-0.05, 0) is 43.2 Å². The number of nitrogens with two attached hydrogens (primary N) is 1. The van der Waals surface area contributed by atoms with Crippen molar-refractivity contribution in [3.63, 3.8) is 0 Å². The topological polar surface area (TPSA) is 128 Å². The Morgan fingerprint density at radius 3 is 2.74 bits per heavy atom. The predicted molar refractivity (Wildman–Crippen MR) is 80.8 cm³/mol. The third-order valence-corrected chi connectivity index (χ3v) is 3.83. The number of anilines is 1. The van der Waals surface area contributed by atoms with Crippen LogP contribution in [0.1, 0.15) is 42.4 Å². The van der Waals surface area contributed by atoms with Gasteiger partial charge in [0.1, 0.15) is 0 Å². The molecule has 1 saturated heterocycles. The number of amides is 1. The lowest BCUT2D eigenvalue weighted by Crippen LogP contribution is -2.32. The Labute approximate surface area is 133 Å². The number of hydrogen-bond donors (Lipinski definition) is 2. The molecule has 0 spiro atoms. The number of nitrogens with one attached hydrogen (secondary N) is 1. The van der Waals surface area contributed by atoms with E-state index in [9.17, 15) is 4.79 Å². The molecule has 2 aromatic rings. The van der Waals surface area contributed by atoms with Gasteiger partial charge in [-0.15, -0.1) is 5.10 Å². The molecule has 124 valence electrons. The monoisotopic (exact) mass is 320 g/mol. The van der Waals surface area contributed by atoms with Crippen molar-refractivity contribution < 1.29 is 9.42 Å². The fourth-order valence-corrected chi connectivity index (χ4v) is 2.70. The summed E-state index contributed by atoms with van der Waals surface area (Å²) in [5.41, 5.74) is 6.67. The van der Waals surface area contributed by atoms with Crippen LogP contribution in [-0.2, 0) is 6.54 Å². The molecule has 0 bridgehead atoms. The van der Waals surface area contributed by atoms with E-state index in [0.717, 1.165) is 25.9 Å². The van der Waals surface area contributed by atoms with Gasteiger partial charge in [0.2, 0.25) is 11.6 Å². The van der Waals surface area contributed by atoms with E-state index >= 15 is 0 Å². The lowest BCUT2D eigenvalue weighted by atomic mass is 10.1. The maximum atomic E-state index is 12.2. The highest BCUT2D eigenvalue weighted by Crippen LogP contribution is 2.19. The molecule has 1 fully saturated rings. The number of aromatic nitrogens is 5. The molecular weight excluding hydrogens is 300 g/mol. The Kier molecular flexibility index (Phi) is 4.51. The minimum absolute atomic E-state index is 0.109. The molecule has 2 aromatic heterocycles. The molecular formula is C13H20N8O2. The number of rotatable bonds is 5. The minimum atomic E-state index is -0.263. The summed E-state index contributed by atoms with van der Waals surface area (Å²) in [6, 6.07) is 0. The van der Waals surface area contributed by atoms with E-state index in [-0.39, 0.29) is 23.2 Å². The van der Waals surface area contributed by atoms with Crippen LogP contribution >= 0.6 is 0 Å². The third kappa shape index (κ3) is 3.16. The van der Waals surface area contributed by atoms with E-state index in [2.05, 4.69) is 35.5 Å². The summed E-state index contributed by atoms with van der Waals surface area (Å²) in [5, 5.41) is 18.1. The number of likely N-dealkylation sites (tertiary alicyclic amines) is 1. The van der Waals surface area contributed by atoms with Gasteiger partial charge in [0.25, 0.3) is 5.91 Å². The molecule has 0 unspecified atom stereocenters. The van der Waals surface area contributed by atoms with E-state index in [1.54, 1.807) is 0 Å². The van der Waals surface area contributed by atoms with Gasteiger partial charge in [-0.2, -0.15) is 4.68 Å². The van der Waals surface area contributed by atoms with Gasteiger partial charge in [0.05, 0.1) is 5.69 Å². The number of carbonyl (C=O) groups is 1. The van der Waals surface area contributed by atoms with Crippen LogP contribution in [0.15, 0.2) is 4.63 Å². The normalized spacial score (nSPS) is 15.7. The van der Waals surface area contributed by atoms with E-state index in [1.807, 2.05) is 6.92 Å². The molecule has 10 heteroatoms. The standard InChI is InChI=1S/C13H20N8O2/c1-2-15-13(22)10-9(8-20-6-4-3-5-7-20)21(19-16-10)12-11(14)17-23-18-12/h2-8H2,1H3,(H2,14,17)(H,15,22). The van der Waals surface area contributed by atoms with Crippen LogP contribution < -0.4 is 11.1 Å². The highest BCUT2D eigenvalue weighted by molar-refractivity contribution is 5.93. The maximum absolute atomic E-state index is 12.2. The SMILES string of the molecule is CCNC(=O)c1nnn(-c2nonc2N)c1CN1CCCCC1. The van der Waals surface area contributed by atoms with Crippen LogP contribution in [-0.4, -0.2) is 55.7 Å². The summed E-state index contributed by atoms with van der Waals surface area (Å²) in [5.74, 6) is 0.0955. The average molecular weight is 320 g/mol. The molecule has 3 heterocycles.